The summed E-state index contributed by atoms with van der Waals surface area (Å²) in [5, 5.41) is 5.03. The summed E-state index contributed by atoms with van der Waals surface area (Å²) in [5.74, 6) is 1.96. The maximum atomic E-state index is 5.17. The van der Waals surface area contributed by atoms with Crippen LogP contribution in [0.15, 0.2) is 158 Å². The third-order valence-corrected chi connectivity index (χ3v) is 12.2. The van der Waals surface area contributed by atoms with E-state index in [1.165, 1.54) is 64.2 Å². The Labute approximate surface area is 310 Å². The smallest absolute Gasteiger partial charge is 0.164 e. The highest BCUT2D eigenvalue weighted by Crippen LogP contribution is 2.53. The van der Waals surface area contributed by atoms with Gasteiger partial charge in [-0.25, -0.2) is 15.0 Å². The van der Waals surface area contributed by atoms with Crippen LogP contribution in [0.1, 0.15) is 25.0 Å². The summed E-state index contributed by atoms with van der Waals surface area (Å²) in [6, 6.07) is 56.3. The fourth-order valence-electron chi connectivity index (χ4n) is 8.59. The van der Waals surface area contributed by atoms with Crippen molar-refractivity contribution in [3.63, 3.8) is 0 Å². The van der Waals surface area contributed by atoms with Crippen LogP contribution in [0.3, 0.4) is 0 Å². The fourth-order valence-corrected chi connectivity index (χ4v) is 9.75. The number of rotatable bonds is 4. The number of benzene rings is 7. The first kappa shape index (κ1) is 30.2. The second-order valence-electron chi connectivity index (χ2n) is 14.4. The number of hydrogen-bond acceptors (Lipinski definition) is 4. The van der Waals surface area contributed by atoms with E-state index in [4.69, 9.17) is 15.0 Å². The molecule has 0 spiro atoms. The normalized spacial score (nSPS) is 13.2. The van der Waals surface area contributed by atoms with Crippen molar-refractivity contribution < 1.29 is 0 Å². The van der Waals surface area contributed by atoms with Gasteiger partial charge in [-0.1, -0.05) is 141 Å². The van der Waals surface area contributed by atoms with Crippen molar-refractivity contribution in [1.29, 1.82) is 0 Å². The monoisotopic (exact) mass is 696 g/mol. The van der Waals surface area contributed by atoms with Crippen LogP contribution >= 0.6 is 11.3 Å². The van der Waals surface area contributed by atoms with Gasteiger partial charge in [-0.15, -0.1) is 11.3 Å². The molecule has 11 rings (SSSR count). The lowest BCUT2D eigenvalue weighted by atomic mass is 9.82. The second kappa shape index (κ2) is 11.3. The Hall–Kier alpha value is -6.43. The Morgan fingerprint density at radius 3 is 1.81 bits per heavy atom. The standard InChI is InChI=1S/C48H32N4S/c1-48(2)35-22-12-9-19-32(35)42-36(48)25-26-38-44(42)33-20-10-13-23-37(33)52(38)39-27-31(28-41-43(39)34-21-11-14-24-40(34)53-41)47-50-45(29-15-5-3-6-16-29)49-46(51-47)30-17-7-4-8-18-30/h3-28H,1-2H3. The van der Waals surface area contributed by atoms with E-state index in [0.29, 0.717) is 17.5 Å². The van der Waals surface area contributed by atoms with Crippen molar-refractivity contribution in [3.8, 4) is 51.0 Å². The molecule has 0 saturated carbocycles. The predicted octanol–water partition coefficient (Wildman–Crippen LogP) is 12.6. The van der Waals surface area contributed by atoms with E-state index in [0.717, 1.165) is 22.4 Å². The molecule has 0 aliphatic heterocycles. The molecule has 0 saturated heterocycles. The lowest BCUT2D eigenvalue weighted by molar-refractivity contribution is 0.661. The molecule has 7 aromatic carbocycles. The first-order valence-corrected chi connectivity index (χ1v) is 18.9. The van der Waals surface area contributed by atoms with Crippen molar-refractivity contribution in [2.45, 2.75) is 19.3 Å². The second-order valence-corrected chi connectivity index (χ2v) is 15.5. The molecule has 4 nitrogen and oxygen atoms in total. The molecule has 0 radical (unpaired) electrons. The van der Waals surface area contributed by atoms with E-state index >= 15 is 0 Å². The summed E-state index contributed by atoms with van der Waals surface area (Å²) in [6.07, 6.45) is 0. The number of hydrogen-bond donors (Lipinski definition) is 0. The molecule has 0 N–H and O–H groups in total. The highest BCUT2D eigenvalue weighted by Gasteiger charge is 2.37. The predicted molar refractivity (Wildman–Crippen MR) is 221 cm³/mol. The molecule has 0 atom stereocenters. The number of thiophene rings is 1. The van der Waals surface area contributed by atoms with Crippen LogP contribution in [0.4, 0.5) is 0 Å². The summed E-state index contributed by atoms with van der Waals surface area (Å²) in [7, 11) is 0. The molecule has 250 valence electrons. The number of para-hydroxylation sites is 1. The Morgan fingerprint density at radius 1 is 0.472 bits per heavy atom. The maximum absolute atomic E-state index is 5.17. The summed E-state index contributed by atoms with van der Waals surface area (Å²) < 4.78 is 4.94. The van der Waals surface area contributed by atoms with Crippen LogP contribution in [0.5, 0.6) is 0 Å². The van der Waals surface area contributed by atoms with E-state index in [2.05, 4.69) is 140 Å². The molecule has 53 heavy (non-hydrogen) atoms. The van der Waals surface area contributed by atoms with Gasteiger partial charge in [-0.2, -0.15) is 0 Å². The molecule has 5 heteroatoms. The molecule has 3 heterocycles. The zero-order chi connectivity index (χ0) is 35.3. The van der Waals surface area contributed by atoms with E-state index in [1.54, 1.807) is 0 Å². The molecule has 0 bridgehead atoms. The average Bonchev–Trinajstić information content (AvgIpc) is 3.83. The molecular weight excluding hydrogens is 665 g/mol. The molecule has 0 fully saturated rings. The lowest BCUT2D eigenvalue weighted by Gasteiger charge is -2.21. The van der Waals surface area contributed by atoms with Crippen molar-refractivity contribution in [2.75, 3.05) is 0 Å². The van der Waals surface area contributed by atoms with E-state index in [-0.39, 0.29) is 5.41 Å². The summed E-state index contributed by atoms with van der Waals surface area (Å²) in [5.41, 5.74) is 11.7. The molecule has 0 unspecified atom stereocenters. The van der Waals surface area contributed by atoms with Crippen LogP contribution in [0, 0.1) is 0 Å². The van der Waals surface area contributed by atoms with Crippen molar-refractivity contribution in [3.05, 3.63) is 169 Å². The first-order chi connectivity index (χ1) is 26.0. The minimum absolute atomic E-state index is 0.0916. The third kappa shape index (κ3) is 4.44. The van der Waals surface area contributed by atoms with Crippen molar-refractivity contribution in [1.82, 2.24) is 19.5 Å². The van der Waals surface area contributed by atoms with Gasteiger partial charge in [0.25, 0.3) is 0 Å². The van der Waals surface area contributed by atoms with Gasteiger partial charge in [0, 0.05) is 53.1 Å². The molecule has 0 amide bonds. The minimum atomic E-state index is -0.0916. The Balaban J connectivity index is 1.25. The van der Waals surface area contributed by atoms with Crippen LogP contribution in [-0.2, 0) is 5.41 Å². The van der Waals surface area contributed by atoms with Gasteiger partial charge >= 0.3 is 0 Å². The van der Waals surface area contributed by atoms with Crippen LogP contribution in [0.25, 0.3) is 93.0 Å². The van der Waals surface area contributed by atoms with Crippen LogP contribution in [0.2, 0.25) is 0 Å². The number of nitrogens with zero attached hydrogens (tertiary/aromatic N) is 4. The van der Waals surface area contributed by atoms with Gasteiger partial charge in [0.05, 0.1) is 16.7 Å². The summed E-state index contributed by atoms with van der Waals surface area (Å²) >= 11 is 1.82. The lowest BCUT2D eigenvalue weighted by Crippen LogP contribution is -2.14. The zero-order valence-corrected chi connectivity index (χ0v) is 30.0. The zero-order valence-electron chi connectivity index (χ0n) is 29.2. The molecular formula is C48H32N4S. The number of fused-ring (bicyclic) bond motifs is 10. The van der Waals surface area contributed by atoms with Gasteiger partial charge in [-0.3, -0.25) is 0 Å². The Bertz CT molecular complexity index is 3020. The van der Waals surface area contributed by atoms with E-state index in [9.17, 15) is 0 Å². The highest BCUT2D eigenvalue weighted by molar-refractivity contribution is 7.26. The molecule has 1 aliphatic carbocycles. The topological polar surface area (TPSA) is 43.6 Å². The molecule has 10 aromatic rings. The first-order valence-electron chi connectivity index (χ1n) is 18.0. The van der Waals surface area contributed by atoms with Crippen molar-refractivity contribution >= 4 is 53.3 Å². The SMILES string of the molecule is CC1(C)c2ccccc2-c2c1ccc1c2c2ccccc2n1-c1cc(-c2nc(-c3ccccc3)nc(-c3ccccc3)n2)cc2sc3ccccc3c12. The van der Waals surface area contributed by atoms with Gasteiger partial charge in [-0.05, 0) is 52.6 Å². The van der Waals surface area contributed by atoms with Gasteiger partial charge < -0.3 is 4.57 Å². The average molecular weight is 697 g/mol. The van der Waals surface area contributed by atoms with Crippen LogP contribution < -0.4 is 0 Å². The van der Waals surface area contributed by atoms with Gasteiger partial charge in [0.15, 0.2) is 17.5 Å². The third-order valence-electron chi connectivity index (χ3n) is 11.0. The minimum Gasteiger partial charge on any atom is -0.309 e. The Morgan fingerprint density at radius 2 is 1.08 bits per heavy atom. The fraction of sp³-hybridized carbons (Fsp3) is 0.0625. The molecule has 1 aliphatic rings. The van der Waals surface area contributed by atoms with E-state index in [1.807, 2.05) is 47.7 Å². The van der Waals surface area contributed by atoms with Crippen molar-refractivity contribution in [2.24, 2.45) is 0 Å². The van der Waals surface area contributed by atoms with Gasteiger partial charge in [0.1, 0.15) is 0 Å². The number of aromatic nitrogens is 4. The summed E-state index contributed by atoms with van der Waals surface area (Å²) in [6.45, 7) is 4.71. The van der Waals surface area contributed by atoms with E-state index < -0.39 is 0 Å². The maximum Gasteiger partial charge on any atom is 0.164 e. The quantitative estimate of drug-likeness (QED) is 0.184. The van der Waals surface area contributed by atoms with Gasteiger partial charge in [0.2, 0.25) is 0 Å². The summed E-state index contributed by atoms with van der Waals surface area (Å²) in [4.78, 5) is 15.3. The highest BCUT2D eigenvalue weighted by atomic mass is 32.1. The Kier molecular flexibility index (Phi) is 6.43. The van der Waals surface area contributed by atoms with Crippen LogP contribution in [-0.4, -0.2) is 19.5 Å². The largest absolute Gasteiger partial charge is 0.309 e. The molecule has 3 aromatic heterocycles.